The highest BCUT2D eigenvalue weighted by molar-refractivity contribution is 14.0. The number of nitrogens with zero attached hydrogens (tertiary/aromatic N) is 3. The summed E-state index contributed by atoms with van der Waals surface area (Å²) < 4.78 is 0. The van der Waals surface area contributed by atoms with E-state index in [1.165, 1.54) is 17.0 Å². The standard InChI is InChI=1S/C19H22ClN5O3.HI/c1-24(2)18(26)13-23-19(21-11-14-3-7-16(20)8-4-14)22-12-15-5-9-17(10-6-15)25(27)28;/h3-10H,11-13H2,1-2H3,(H2,21,22,23);1H. The number of aliphatic imine (C=N–C) groups is 1. The number of amides is 1. The molecular formula is C19H23ClIN5O3. The fourth-order valence-corrected chi connectivity index (χ4v) is 2.30. The molecule has 2 rings (SSSR count). The first-order valence-corrected chi connectivity index (χ1v) is 8.93. The first-order chi connectivity index (χ1) is 13.3. The van der Waals surface area contributed by atoms with Crippen LogP contribution in [0.15, 0.2) is 53.5 Å². The van der Waals surface area contributed by atoms with Crippen molar-refractivity contribution in [3.05, 3.63) is 74.8 Å². The highest BCUT2D eigenvalue weighted by Gasteiger charge is 2.07. The minimum Gasteiger partial charge on any atom is -0.352 e. The molecule has 10 heteroatoms. The first kappa shape index (κ1) is 24.6. The van der Waals surface area contributed by atoms with Crippen LogP contribution < -0.4 is 10.6 Å². The van der Waals surface area contributed by atoms with E-state index < -0.39 is 4.92 Å². The normalized spacial score (nSPS) is 10.7. The Morgan fingerprint density at radius 3 is 2.21 bits per heavy atom. The van der Waals surface area contributed by atoms with Gasteiger partial charge in [-0.05, 0) is 23.3 Å². The Labute approximate surface area is 191 Å². The van der Waals surface area contributed by atoms with Gasteiger partial charge < -0.3 is 15.5 Å². The predicted molar refractivity (Wildman–Crippen MR) is 125 cm³/mol. The van der Waals surface area contributed by atoms with Crippen LogP contribution in [0.2, 0.25) is 5.02 Å². The predicted octanol–water partition coefficient (Wildman–Crippen LogP) is 3.19. The summed E-state index contributed by atoms with van der Waals surface area (Å²) in [4.78, 5) is 28.1. The van der Waals surface area contributed by atoms with Crippen LogP contribution in [-0.4, -0.2) is 42.3 Å². The van der Waals surface area contributed by atoms with Gasteiger partial charge in [0.25, 0.3) is 5.69 Å². The van der Waals surface area contributed by atoms with E-state index in [9.17, 15) is 14.9 Å². The van der Waals surface area contributed by atoms with Crippen molar-refractivity contribution in [3.8, 4) is 0 Å². The number of non-ortho nitro benzene ring substituents is 1. The van der Waals surface area contributed by atoms with Crippen molar-refractivity contribution in [1.82, 2.24) is 15.5 Å². The van der Waals surface area contributed by atoms with Gasteiger partial charge >= 0.3 is 0 Å². The Morgan fingerprint density at radius 1 is 1.07 bits per heavy atom. The molecule has 1 amide bonds. The number of likely N-dealkylation sites (N-methyl/N-ethyl adjacent to an activating group) is 1. The fourth-order valence-electron chi connectivity index (χ4n) is 2.17. The fraction of sp³-hybridized carbons (Fsp3) is 0.263. The first-order valence-electron chi connectivity index (χ1n) is 8.55. The minimum absolute atomic E-state index is 0. The summed E-state index contributed by atoms with van der Waals surface area (Å²) in [6.07, 6.45) is 0. The van der Waals surface area contributed by atoms with Gasteiger partial charge in [-0.2, -0.15) is 0 Å². The number of rotatable bonds is 7. The number of benzene rings is 2. The summed E-state index contributed by atoms with van der Waals surface area (Å²) >= 11 is 5.89. The van der Waals surface area contributed by atoms with Crippen LogP contribution in [0.25, 0.3) is 0 Å². The molecule has 0 heterocycles. The quantitative estimate of drug-likeness (QED) is 0.188. The third-order valence-corrected chi connectivity index (χ3v) is 4.10. The number of nitro benzene ring substituents is 1. The van der Waals surface area contributed by atoms with Crippen LogP contribution in [0.4, 0.5) is 5.69 Å². The topological polar surface area (TPSA) is 99.9 Å². The zero-order valence-electron chi connectivity index (χ0n) is 16.1. The lowest BCUT2D eigenvalue weighted by molar-refractivity contribution is -0.384. The van der Waals surface area contributed by atoms with Gasteiger partial charge in [0.1, 0.15) is 0 Å². The maximum atomic E-state index is 11.8. The Kier molecular flexibility index (Phi) is 10.4. The average molecular weight is 532 g/mol. The van der Waals surface area contributed by atoms with E-state index in [0.717, 1.165) is 11.1 Å². The number of guanidine groups is 1. The molecule has 156 valence electrons. The van der Waals surface area contributed by atoms with Gasteiger partial charge in [-0.15, -0.1) is 24.0 Å². The smallest absolute Gasteiger partial charge is 0.269 e. The van der Waals surface area contributed by atoms with E-state index in [2.05, 4.69) is 15.6 Å². The largest absolute Gasteiger partial charge is 0.352 e. The van der Waals surface area contributed by atoms with Crippen molar-refractivity contribution in [2.24, 2.45) is 4.99 Å². The lowest BCUT2D eigenvalue weighted by atomic mass is 10.2. The van der Waals surface area contributed by atoms with Crippen molar-refractivity contribution in [2.45, 2.75) is 13.1 Å². The SMILES string of the molecule is CN(C)C(=O)CNC(=NCc1ccc(Cl)cc1)NCc1ccc([N+](=O)[O-])cc1.I. The van der Waals surface area contributed by atoms with E-state index in [1.807, 2.05) is 12.1 Å². The molecule has 0 radical (unpaired) electrons. The summed E-state index contributed by atoms with van der Waals surface area (Å²) in [5.74, 6) is 0.375. The number of nitro groups is 1. The second-order valence-electron chi connectivity index (χ2n) is 6.21. The number of carbonyl (C=O) groups excluding carboxylic acids is 1. The molecule has 0 aliphatic carbocycles. The molecule has 0 saturated carbocycles. The van der Waals surface area contributed by atoms with Gasteiger partial charge in [0.2, 0.25) is 5.91 Å². The van der Waals surface area contributed by atoms with Crippen LogP contribution in [0.5, 0.6) is 0 Å². The zero-order chi connectivity index (χ0) is 20.5. The van der Waals surface area contributed by atoms with Crippen molar-refractivity contribution < 1.29 is 9.72 Å². The van der Waals surface area contributed by atoms with Crippen LogP contribution in [0.3, 0.4) is 0 Å². The van der Waals surface area contributed by atoms with Crippen LogP contribution >= 0.6 is 35.6 Å². The summed E-state index contributed by atoms with van der Waals surface area (Å²) in [5.41, 5.74) is 1.86. The molecule has 0 bridgehead atoms. The van der Waals surface area contributed by atoms with E-state index in [0.29, 0.717) is 24.1 Å². The lowest BCUT2D eigenvalue weighted by Gasteiger charge is -2.15. The molecule has 0 atom stereocenters. The Balaban J connectivity index is 0.00000420. The monoisotopic (exact) mass is 531 g/mol. The molecule has 0 aliphatic rings. The van der Waals surface area contributed by atoms with E-state index >= 15 is 0 Å². The Bertz CT molecular complexity index is 842. The lowest BCUT2D eigenvalue weighted by Crippen LogP contribution is -2.42. The maximum absolute atomic E-state index is 11.8. The third-order valence-electron chi connectivity index (χ3n) is 3.85. The third kappa shape index (κ3) is 8.65. The highest BCUT2D eigenvalue weighted by Crippen LogP contribution is 2.12. The van der Waals surface area contributed by atoms with Crippen LogP contribution in [0.1, 0.15) is 11.1 Å². The molecule has 8 nitrogen and oxygen atoms in total. The second kappa shape index (κ2) is 12.2. The molecule has 2 aromatic carbocycles. The van der Waals surface area contributed by atoms with Crippen molar-refractivity contribution in [2.75, 3.05) is 20.6 Å². The Morgan fingerprint density at radius 2 is 1.66 bits per heavy atom. The summed E-state index contributed by atoms with van der Waals surface area (Å²) in [5, 5.41) is 17.5. The molecule has 0 saturated heterocycles. The van der Waals surface area contributed by atoms with Gasteiger partial charge in [-0.3, -0.25) is 14.9 Å². The molecule has 0 unspecified atom stereocenters. The van der Waals surface area contributed by atoms with E-state index in [-0.39, 0.29) is 42.1 Å². The molecule has 29 heavy (non-hydrogen) atoms. The number of hydrogen-bond acceptors (Lipinski definition) is 4. The molecule has 0 aliphatic heterocycles. The van der Waals surface area contributed by atoms with Gasteiger partial charge in [0.05, 0.1) is 18.0 Å². The summed E-state index contributed by atoms with van der Waals surface area (Å²) in [6.45, 7) is 0.906. The average Bonchev–Trinajstić information content (AvgIpc) is 2.68. The number of nitrogens with one attached hydrogen (secondary N) is 2. The van der Waals surface area contributed by atoms with Gasteiger partial charge in [0, 0.05) is 37.8 Å². The van der Waals surface area contributed by atoms with Gasteiger partial charge in [0.15, 0.2) is 5.96 Å². The van der Waals surface area contributed by atoms with Crippen molar-refractivity contribution >= 4 is 53.1 Å². The molecule has 2 aromatic rings. The van der Waals surface area contributed by atoms with Crippen LogP contribution in [-0.2, 0) is 17.9 Å². The number of hydrogen-bond donors (Lipinski definition) is 2. The summed E-state index contributed by atoms with van der Waals surface area (Å²) in [6, 6.07) is 13.6. The zero-order valence-corrected chi connectivity index (χ0v) is 19.2. The molecular weight excluding hydrogens is 509 g/mol. The molecule has 0 aromatic heterocycles. The molecule has 0 spiro atoms. The van der Waals surface area contributed by atoms with E-state index in [1.54, 1.807) is 38.4 Å². The molecule has 2 N–H and O–H groups in total. The van der Waals surface area contributed by atoms with Crippen molar-refractivity contribution in [3.63, 3.8) is 0 Å². The van der Waals surface area contributed by atoms with E-state index in [4.69, 9.17) is 11.6 Å². The number of carbonyl (C=O) groups is 1. The van der Waals surface area contributed by atoms with Crippen molar-refractivity contribution in [1.29, 1.82) is 0 Å². The van der Waals surface area contributed by atoms with Crippen LogP contribution in [0, 0.1) is 10.1 Å². The van der Waals surface area contributed by atoms with Gasteiger partial charge in [-0.25, -0.2) is 4.99 Å². The van der Waals surface area contributed by atoms with Gasteiger partial charge in [-0.1, -0.05) is 35.9 Å². The number of halogens is 2. The summed E-state index contributed by atoms with van der Waals surface area (Å²) in [7, 11) is 3.36. The minimum atomic E-state index is -0.440. The second-order valence-corrected chi connectivity index (χ2v) is 6.65. The Hall–Kier alpha value is -2.40. The highest BCUT2D eigenvalue weighted by atomic mass is 127. The maximum Gasteiger partial charge on any atom is 0.269 e. The molecule has 0 fully saturated rings.